The standard InChI is InChI=1S/C11H12N2O3/c1-8-6-9(2)11(16-5-3-4-12)7-10(8)13(14)15/h6-7H,3,5H2,1-2H3. The average molecular weight is 220 g/mol. The van der Waals surface area contributed by atoms with E-state index in [1.165, 1.54) is 6.07 Å². The van der Waals surface area contributed by atoms with Crippen molar-refractivity contribution in [3.63, 3.8) is 0 Å². The number of benzene rings is 1. The molecule has 0 atom stereocenters. The van der Waals surface area contributed by atoms with E-state index in [9.17, 15) is 10.1 Å². The van der Waals surface area contributed by atoms with Crippen molar-refractivity contribution in [3.8, 4) is 11.8 Å². The average Bonchev–Trinajstić information content (AvgIpc) is 2.21. The summed E-state index contributed by atoms with van der Waals surface area (Å²) in [4.78, 5) is 10.3. The summed E-state index contributed by atoms with van der Waals surface area (Å²) < 4.78 is 5.30. The lowest BCUT2D eigenvalue weighted by atomic mass is 10.1. The van der Waals surface area contributed by atoms with Gasteiger partial charge in [-0.05, 0) is 25.5 Å². The number of aryl methyl sites for hydroxylation is 2. The molecular formula is C11H12N2O3. The molecule has 0 spiro atoms. The molecule has 1 aromatic rings. The Morgan fingerprint density at radius 1 is 1.44 bits per heavy atom. The van der Waals surface area contributed by atoms with Gasteiger partial charge in [-0.2, -0.15) is 5.26 Å². The Labute approximate surface area is 93.4 Å². The molecule has 84 valence electrons. The highest BCUT2D eigenvalue weighted by Crippen LogP contribution is 2.27. The minimum Gasteiger partial charge on any atom is -0.492 e. The molecule has 0 fully saturated rings. The minimum atomic E-state index is -0.439. The first-order valence-electron chi connectivity index (χ1n) is 4.81. The van der Waals surface area contributed by atoms with Gasteiger partial charge in [0.25, 0.3) is 5.69 Å². The van der Waals surface area contributed by atoms with Gasteiger partial charge in [0.1, 0.15) is 12.4 Å². The number of rotatable bonds is 4. The summed E-state index contributed by atoms with van der Waals surface area (Å²) in [6.45, 7) is 3.75. The molecule has 0 aromatic heterocycles. The van der Waals surface area contributed by atoms with Crippen LogP contribution in [0, 0.1) is 35.3 Å². The Hall–Kier alpha value is -2.09. The van der Waals surface area contributed by atoms with E-state index >= 15 is 0 Å². The van der Waals surface area contributed by atoms with Crippen LogP contribution in [0.5, 0.6) is 5.75 Å². The van der Waals surface area contributed by atoms with Crippen LogP contribution >= 0.6 is 0 Å². The van der Waals surface area contributed by atoms with Crippen molar-refractivity contribution in [2.45, 2.75) is 20.3 Å². The van der Waals surface area contributed by atoms with E-state index in [0.717, 1.165) is 5.56 Å². The van der Waals surface area contributed by atoms with Gasteiger partial charge in [0.05, 0.1) is 23.5 Å². The SMILES string of the molecule is Cc1cc(C)c([N+](=O)[O-])cc1OCCC#N. The van der Waals surface area contributed by atoms with Gasteiger partial charge in [0, 0.05) is 5.56 Å². The molecule has 0 radical (unpaired) electrons. The Morgan fingerprint density at radius 2 is 2.12 bits per heavy atom. The van der Waals surface area contributed by atoms with Gasteiger partial charge in [-0.3, -0.25) is 10.1 Å². The van der Waals surface area contributed by atoms with Crippen LogP contribution in [-0.2, 0) is 0 Å². The molecule has 0 amide bonds. The topological polar surface area (TPSA) is 76.2 Å². The predicted molar refractivity (Wildman–Crippen MR) is 58.3 cm³/mol. The second-order valence-corrected chi connectivity index (χ2v) is 3.42. The summed E-state index contributed by atoms with van der Waals surface area (Å²) in [6.07, 6.45) is 0.265. The van der Waals surface area contributed by atoms with E-state index in [0.29, 0.717) is 11.3 Å². The molecule has 0 aliphatic heterocycles. The third-order valence-electron chi connectivity index (χ3n) is 2.16. The lowest BCUT2D eigenvalue weighted by molar-refractivity contribution is -0.385. The minimum absolute atomic E-state index is 0.0394. The molecule has 0 saturated heterocycles. The molecular weight excluding hydrogens is 208 g/mol. The van der Waals surface area contributed by atoms with E-state index in [2.05, 4.69) is 0 Å². The van der Waals surface area contributed by atoms with Gasteiger partial charge in [-0.25, -0.2) is 0 Å². The Bertz CT molecular complexity index is 449. The van der Waals surface area contributed by atoms with Crippen LogP contribution < -0.4 is 4.74 Å². The number of nitro benzene ring substituents is 1. The summed E-state index contributed by atoms with van der Waals surface area (Å²) >= 11 is 0. The highest BCUT2D eigenvalue weighted by molar-refractivity contribution is 5.49. The van der Waals surface area contributed by atoms with Crippen LogP contribution in [0.1, 0.15) is 17.5 Å². The maximum Gasteiger partial charge on any atom is 0.276 e. The highest BCUT2D eigenvalue weighted by Gasteiger charge is 2.14. The van der Waals surface area contributed by atoms with Gasteiger partial charge in [0.2, 0.25) is 0 Å². The molecule has 16 heavy (non-hydrogen) atoms. The second kappa shape index (κ2) is 5.12. The van der Waals surface area contributed by atoms with Crippen LogP contribution in [0.25, 0.3) is 0 Å². The fourth-order valence-electron chi connectivity index (χ4n) is 1.38. The van der Waals surface area contributed by atoms with Gasteiger partial charge in [-0.15, -0.1) is 0 Å². The molecule has 0 N–H and O–H groups in total. The lowest BCUT2D eigenvalue weighted by Crippen LogP contribution is -2.00. The Kier molecular flexibility index (Phi) is 3.84. The summed E-state index contributed by atoms with van der Waals surface area (Å²) in [5.41, 5.74) is 1.48. The molecule has 1 rings (SSSR count). The number of nitrogens with zero attached hydrogens (tertiary/aromatic N) is 2. The molecule has 0 heterocycles. The zero-order valence-electron chi connectivity index (χ0n) is 9.19. The smallest absolute Gasteiger partial charge is 0.276 e. The normalized spacial score (nSPS) is 9.56. The molecule has 5 heteroatoms. The highest BCUT2D eigenvalue weighted by atomic mass is 16.6. The van der Waals surface area contributed by atoms with Crippen molar-refractivity contribution in [1.29, 1.82) is 5.26 Å². The number of nitro groups is 1. The molecule has 1 aromatic carbocycles. The van der Waals surface area contributed by atoms with E-state index < -0.39 is 4.92 Å². The molecule has 5 nitrogen and oxygen atoms in total. The monoisotopic (exact) mass is 220 g/mol. The Balaban J connectivity index is 2.97. The summed E-state index contributed by atoms with van der Waals surface area (Å²) in [5, 5.41) is 19.1. The predicted octanol–water partition coefficient (Wildman–Crippen LogP) is 2.50. The van der Waals surface area contributed by atoms with E-state index in [1.54, 1.807) is 13.0 Å². The fourth-order valence-corrected chi connectivity index (χ4v) is 1.38. The first-order valence-corrected chi connectivity index (χ1v) is 4.81. The van der Waals surface area contributed by atoms with Crippen molar-refractivity contribution in [2.24, 2.45) is 0 Å². The van der Waals surface area contributed by atoms with Crippen LogP contribution in [-0.4, -0.2) is 11.5 Å². The number of hydrogen-bond donors (Lipinski definition) is 0. The van der Waals surface area contributed by atoms with E-state index in [-0.39, 0.29) is 18.7 Å². The molecule has 0 aliphatic carbocycles. The molecule has 0 bridgehead atoms. The largest absolute Gasteiger partial charge is 0.492 e. The summed E-state index contributed by atoms with van der Waals surface area (Å²) in [7, 11) is 0. The van der Waals surface area contributed by atoms with Gasteiger partial charge in [0.15, 0.2) is 0 Å². The third-order valence-corrected chi connectivity index (χ3v) is 2.16. The van der Waals surface area contributed by atoms with Crippen molar-refractivity contribution in [2.75, 3.05) is 6.61 Å². The molecule has 0 unspecified atom stereocenters. The van der Waals surface area contributed by atoms with Crippen LogP contribution in [0.3, 0.4) is 0 Å². The van der Waals surface area contributed by atoms with Crippen molar-refractivity contribution >= 4 is 5.69 Å². The third kappa shape index (κ3) is 2.70. The number of nitriles is 1. The van der Waals surface area contributed by atoms with Crippen LogP contribution in [0.4, 0.5) is 5.69 Å². The maximum atomic E-state index is 10.7. The van der Waals surface area contributed by atoms with Crippen molar-refractivity contribution in [1.82, 2.24) is 0 Å². The quantitative estimate of drug-likeness (QED) is 0.443. The van der Waals surface area contributed by atoms with Gasteiger partial charge in [-0.1, -0.05) is 0 Å². The zero-order chi connectivity index (χ0) is 12.1. The Morgan fingerprint density at radius 3 is 2.69 bits per heavy atom. The second-order valence-electron chi connectivity index (χ2n) is 3.42. The number of ether oxygens (including phenoxy) is 1. The van der Waals surface area contributed by atoms with Crippen LogP contribution in [0.2, 0.25) is 0 Å². The van der Waals surface area contributed by atoms with Crippen molar-refractivity contribution in [3.05, 3.63) is 33.4 Å². The first kappa shape index (κ1) is 12.0. The maximum absolute atomic E-state index is 10.7. The lowest BCUT2D eigenvalue weighted by Gasteiger charge is -2.08. The van der Waals surface area contributed by atoms with Crippen LogP contribution in [0.15, 0.2) is 12.1 Å². The van der Waals surface area contributed by atoms with E-state index in [1.807, 2.05) is 13.0 Å². The van der Waals surface area contributed by atoms with E-state index in [4.69, 9.17) is 10.00 Å². The fraction of sp³-hybridized carbons (Fsp3) is 0.364. The number of hydrogen-bond acceptors (Lipinski definition) is 4. The molecule has 0 saturated carbocycles. The summed E-state index contributed by atoms with van der Waals surface area (Å²) in [5.74, 6) is 0.465. The first-order chi connectivity index (χ1) is 7.56. The van der Waals surface area contributed by atoms with Gasteiger partial charge < -0.3 is 4.74 Å². The van der Waals surface area contributed by atoms with Gasteiger partial charge >= 0.3 is 0 Å². The van der Waals surface area contributed by atoms with Crippen molar-refractivity contribution < 1.29 is 9.66 Å². The summed E-state index contributed by atoms with van der Waals surface area (Å²) in [6, 6.07) is 5.06. The molecule has 0 aliphatic rings. The zero-order valence-corrected chi connectivity index (χ0v) is 9.19.